The Balaban J connectivity index is 2.27. The lowest BCUT2D eigenvalue weighted by Gasteiger charge is -2.09. The topological polar surface area (TPSA) is 65.5 Å². The van der Waals surface area contributed by atoms with E-state index in [1.165, 1.54) is 24.5 Å². The molecule has 98 valence electrons. The quantitative estimate of drug-likeness (QED) is 0.499. The number of carbonyl (C=O) groups is 2. The van der Waals surface area contributed by atoms with E-state index < -0.39 is 23.8 Å². The predicted octanol–water partition coefficient (Wildman–Crippen LogP) is 1.30. The lowest BCUT2D eigenvalue weighted by atomic mass is 10.3. The van der Waals surface area contributed by atoms with Gasteiger partial charge >= 0.3 is 17.2 Å². The van der Waals surface area contributed by atoms with Crippen LogP contribution >= 0.6 is 12.6 Å². The second kappa shape index (κ2) is 6.29. The maximum atomic E-state index is 12.2. The Morgan fingerprint density at radius 2 is 1.78 bits per heavy atom. The van der Waals surface area contributed by atoms with Crippen molar-refractivity contribution < 1.29 is 27.8 Å². The zero-order valence-corrected chi connectivity index (χ0v) is 9.90. The summed E-state index contributed by atoms with van der Waals surface area (Å²) in [5, 5.41) is -3.85. The van der Waals surface area contributed by atoms with Crippen molar-refractivity contribution >= 4 is 24.6 Å². The molecular formula is C10H9F2NO4S. The van der Waals surface area contributed by atoms with Gasteiger partial charge in [0.05, 0.1) is 5.56 Å². The maximum absolute atomic E-state index is 12.2. The minimum absolute atomic E-state index is 0.260. The van der Waals surface area contributed by atoms with Gasteiger partial charge in [-0.2, -0.15) is 8.78 Å². The van der Waals surface area contributed by atoms with Crippen LogP contribution < -0.4 is 0 Å². The number of nitrogens with zero attached hydrogens (tertiary/aromatic N) is 1. The molecule has 0 unspecified atom stereocenters. The van der Waals surface area contributed by atoms with Crippen LogP contribution in [0.3, 0.4) is 0 Å². The standard InChI is InChI=1S/C10H9F2NO4S/c11-10(12,18)9(15)17-6-5-16-8(14)7-1-3-13-4-2-7/h1-4,18H,5-6H2. The highest BCUT2D eigenvalue weighted by molar-refractivity contribution is 7.82. The molecule has 5 nitrogen and oxygen atoms in total. The van der Waals surface area contributed by atoms with Crippen molar-refractivity contribution in [3.8, 4) is 0 Å². The van der Waals surface area contributed by atoms with E-state index in [0.29, 0.717) is 0 Å². The summed E-state index contributed by atoms with van der Waals surface area (Å²) in [6.45, 7) is -0.789. The molecule has 0 aliphatic heterocycles. The summed E-state index contributed by atoms with van der Waals surface area (Å²) in [5.41, 5.74) is 0.260. The van der Waals surface area contributed by atoms with Crippen molar-refractivity contribution in [2.75, 3.05) is 13.2 Å². The summed E-state index contributed by atoms with van der Waals surface area (Å²) in [7, 11) is 0. The number of pyridine rings is 1. The van der Waals surface area contributed by atoms with Crippen LogP contribution in [0, 0.1) is 0 Å². The number of esters is 2. The predicted molar refractivity (Wildman–Crippen MR) is 59.4 cm³/mol. The van der Waals surface area contributed by atoms with E-state index in [9.17, 15) is 18.4 Å². The van der Waals surface area contributed by atoms with Gasteiger partial charge < -0.3 is 9.47 Å². The van der Waals surface area contributed by atoms with E-state index in [0.717, 1.165) is 0 Å². The van der Waals surface area contributed by atoms with E-state index in [2.05, 4.69) is 27.1 Å². The molecule has 8 heteroatoms. The molecule has 0 radical (unpaired) electrons. The largest absolute Gasteiger partial charge is 0.458 e. The van der Waals surface area contributed by atoms with E-state index in [1.807, 2.05) is 0 Å². The van der Waals surface area contributed by atoms with E-state index in [4.69, 9.17) is 0 Å². The number of halogens is 2. The maximum Gasteiger partial charge on any atom is 0.388 e. The molecule has 0 N–H and O–H groups in total. The zero-order valence-electron chi connectivity index (χ0n) is 9.01. The van der Waals surface area contributed by atoms with Crippen LogP contribution in [0.15, 0.2) is 24.5 Å². The van der Waals surface area contributed by atoms with Crippen molar-refractivity contribution in [2.45, 2.75) is 5.25 Å². The van der Waals surface area contributed by atoms with Crippen LogP contribution in [0.1, 0.15) is 10.4 Å². The molecule has 1 rings (SSSR count). The highest BCUT2D eigenvalue weighted by Crippen LogP contribution is 2.19. The molecule has 0 aromatic carbocycles. The van der Waals surface area contributed by atoms with Gasteiger partial charge in [-0.05, 0) is 12.1 Å². The SMILES string of the molecule is O=C(OCCOC(=O)C(F)(F)S)c1ccncc1. The van der Waals surface area contributed by atoms with Crippen LogP contribution in [0.2, 0.25) is 0 Å². The molecule has 1 heterocycles. The van der Waals surface area contributed by atoms with Crippen LogP contribution in [0.5, 0.6) is 0 Å². The molecule has 18 heavy (non-hydrogen) atoms. The number of hydrogen-bond acceptors (Lipinski definition) is 6. The molecule has 0 saturated carbocycles. The zero-order chi connectivity index (χ0) is 13.6. The fourth-order valence-electron chi connectivity index (χ4n) is 0.927. The van der Waals surface area contributed by atoms with Gasteiger partial charge in [-0.15, -0.1) is 0 Å². The molecule has 1 aromatic heterocycles. The summed E-state index contributed by atoms with van der Waals surface area (Å²) in [5.74, 6) is -2.45. The third-order valence-corrected chi connectivity index (χ3v) is 1.89. The highest BCUT2D eigenvalue weighted by Gasteiger charge is 2.35. The number of hydrogen-bond donors (Lipinski definition) is 1. The molecule has 1 aromatic rings. The molecule has 0 aliphatic rings. The lowest BCUT2D eigenvalue weighted by Crippen LogP contribution is -2.26. The van der Waals surface area contributed by atoms with Gasteiger partial charge in [0.25, 0.3) is 0 Å². The Morgan fingerprint density at radius 1 is 1.22 bits per heavy atom. The highest BCUT2D eigenvalue weighted by atomic mass is 32.1. The van der Waals surface area contributed by atoms with Crippen molar-refractivity contribution in [3.63, 3.8) is 0 Å². The first-order valence-electron chi connectivity index (χ1n) is 4.76. The number of rotatable bonds is 5. The van der Waals surface area contributed by atoms with Gasteiger partial charge in [0.2, 0.25) is 0 Å². The Labute approximate surface area is 107 Å². The molecule has 0 bridgehead atoms. The van der Waals surface area contributed by atoms with Crippen molar-refractivity contribution in [3.05, 3.63) is 30.1 Å². The molecule has 0 fully saturated rings. The summed E-state index contributed by atoms with van der Waals surface area (Å²) in [6.07, 6.45) is 2.80. The Bertz CT molecular complexity index is 422. The first kappa shape index (κ1) is 14.4. The normalized spacial score (nSPS) is 10.8. The minimum atomic E-state index is -3.85. The number of carbonyl (C=O) groups excluding carboxylic acids is 2. The molecule has 0 atom stereocenters. The minimum Gasteiger partial charge on any atom is -0.458 e. The van der Waals surface area contributed by atoms with E-state index in [-0.39, 0.29) is 12.2 Å². The fraction of sp³-hybridized carbons (Fsp3) is 0.300. The van der Waals surface area contributed by atoms with E-state index >= 15 is 0 Å². The van der Waals surface area contributed by atoms with Crippen LogP contribution in [0.4, 0.5) is 8.78 Å². The number of alkyl halides is 2. The van der Waals surface area contributed by atoms with Crippen molar-refractivity contribution in [1.29, 1.82) is 0 Å². The smallest absolute Gasteiger partial charge is 0.388 e. The fourth-order valence-corrected chi connectivity index (χ4v) is 0.991. The van der Waals surface area contributed by atoms with Gasteiger partial charge in [-0.3, -0.25) is 4.98 Å². The summed E-state index contributed by atoms with van der Waals surface area (Å²) < 4.78 is 33.3. The number of aromatic nitrogens is 1. The van der Waals surface area contributed by atoms with Crippen LogP contribution in [-0.2, 0) is 14.3 Å². The summed E-state index contributed by atoms with van der Waals surface area (Å²) >= 11 is 2.73. The average Bonchev–Trinajstić information content (AvgIpc) is 2.34. The van der Waals surface area contributed by atoms with Crippen molar-refractivity contribution in [1.82, 2.24) is 4.98 Å². The first-order chi connectivity index (χ1) is 8.41. The van der Waals surface area contributed by atoms with Gasteiger partial charge in [0.15, 0.2) is 0 Å². The lowest BCUT2D eigenvalue weighted by molar-refractivity contribution is -0.160. The number of thiol groups is 1. The van der Waals surface area contributed by atoms with Gasteiger partial charge in [-0.25, -0.2) is 9.59 Å². The van der Waals surface area contributed by atoms with Gasteiger partial charge in [0, 0.05) is 12.4 Å². The average molecular weight is 277 g/mol. The Kier molecular flexibility index (Phi) is 5.02. The van der Waals surface area contributed by atoms with Crippen LogP contribution in [0.25, 0.3) is 0 Å². The number of ether oxygens (including phenoxy) is 2. The summed E-state index contributed by atoms with van der Waals surface area (Å²) in [6, 6.07) is 2.85. The van der Waals surface area contributed by atoms with Crippen molar-refractivity contribution in [2.24, 2.45) is 0 Å². The van der Waals surface area contributed by atoms with Crippen LogP contribution in [-0.4, -0.2) is 35.4 Å². The summed E-state index contributed by atoms with van der Waals surface area (Å²) in [4.78, 5) is 25.6. The Morgan fingerprint density at radius 3 is 2.33 bits per heavy atom. The Hall–Kier alpha value is -1.70. The van der Waals surface area contributed by atoms with E-state index in [1.54, 1.807) is 0 Å². The monoisotopic (exact) mass is 277 g/mol. The molecular weight excluding hydrogens is 268 g/mol. The van der Waals surface area contributed by atoms with Gasteiger partial charge in [-0.1, -0.05) is 12.6 Å². The molecule has 0 saturated heterocycles. The first-order valence-corrected chi connectivity index (χ1v) is 5.20. The third-order valence-electron chi connectivity index (χ3n) is 1.71. The molecule has 0 aliphatic carbocycles. The third kappa shape index (κ3) is 4.66. The molecule has 0 amide bonds. The van der Waals surface area contributed by atoms with Gasteiger partial charge in [0.1, 0.15) is 13.2 Å². The second-order valence-corrected chi connectivity index (χ2v) is 3.61. The molecule has 0 spiro atoms. The second-order valence-electron chi connectivity index (χ2n) is 3.05.